The molecule has 0 aromatic rings. The smallest absolute Gasteiger partial charge is 0.00134 e. The average molecular weight is 235 g/mol. The minimum Gasteiger partial charge on any atom is -0.328 e. The molecule has 17 heavy (non-hydrogen) atoms. The Morgan fingerprint density at radius 1 is 1.06 bits per heavy atom. The third-order valence-electron chi connectivity index (χ3n) is 6.11. The molecule has 4 saturated carbocycles. The van der Waals surface area contributed by atoms with E-state index in [4.69, 9.17) is 5.73 Å². The van der Waals surface area contributed by atoms with Crippen molar-refractivity contribution in [2.24, 2.45) is 33.8 Å². The maximum atomic E-state index is 6.10. The summed E-state index contributed by atoms with van der Waals surface area (Å²) in [5, 5.41) is 0. The van der Waals surface area contributed by atoms with Crippen molar-refractivity contribution in [1.29, 1.82) is 0 Å². The van der Waals surface area contributed by atoms with Crippen LogP contribution in [0.4, 0.5) is 0 Å². The van der Waals surface area contributed by atoms with Gasteiger partial charge in [-0.2, -0.15) is 0 Å². The third kappa shape index (κ3) is 1.77. The van der Waals surface area contributed by atoms with Gasteiger partial charge in [0.25, 0.3) is 0 Å². The van der Waals surface area contributed by atoms with Gasteiger partial charge >= 0.3 is 0 Å². The van der Waals surface area contributed by atoms with Crippen LogP contribution in [-0.4, -0.2) is 6.04 Å². The van der Waals surface area contributed by atoms with Gasteiger partial charge in [-0.15, -0.1) is 0 Å². The molecule has 4 rings (SSSR count). The molecule has 4 fully saturated rings. The molecule has 4 aliphatic rings. The molecule has 1 heteroatoms. The van der Waals surface area contributed by atoms with E-state index in [1.165, 1.54) is 38.5 Å². The fourth-order valence-electron chi connectivity index (χ4n) is 6.79. The van der Waals surface area contributed by atoms with Crippen molar-refractivity contribution >= 4 is 0 Å². The molecule has 0 aliphatic heterocycles. The predicted molar refractivity (Wildman–Crippen MR) is 72.7 cm³/mol. The zero-order chi connectivity index (χ0) is 12.5. The molecule has 4 aliphatic carbocycles. The van der Waals surface area contributed by atoms with E-state index >= 15 is 0 Å². The van der Waals surface area contributed by atoms with E-state index in [0.29, 0.717) is 22.3 Å². The van der Waals surface area contributed by atoms with Crippen LogP contribution in [-0.2, 0) is 0 Å². The first-order valence-corrected chi connectivity index (χ1v) is 7.49. The highest BCUT2D eigenvalue weighted by atomic mass is 14.7. The molecular weight excluding hydrogens is 206 g/mol. The van der Waals surface area contributed by atoms with Gasteiger partial charge in [-0.25, -0.2) is 0 Å². The summed E-state index contributed by atoms with van der Waals surface area (Å²) in [5.41, 5.74) is 7.99. The maximum Gasteiger partial charge on any atom is 0.00134 e. The van der Waals surface area contributed by atoms with Crippen molar-refractivity contribution in [2.45, 2.75) is 72.3 Å². The molecule has 4 bridgehead atoms. The van der Waals surface area contributed by atoms with Crippen LogP contribution in [0.5, 0.6) is 0 Å². The number of rotatable bonds is 2. The Morgan fingerprint density at radius 2 is 1.59 bits per heavy atom. The molecule has 1 nitrogen and oxygen atoms in total. The van der Waals surface area contributed by atoms with Gasteiger partial charge < -0.3 is 5.73 Å². The second kappa shape index (κ2) is 3.29. The second-order valence-electron chi connectivity index (χ2n) is 8.79. The molecule has 0 radical (unpaired) electrons. The van der Waals surface area contributed by atoms with E-state index in [1.54, 1.807) is 0 Å². The minimum atomic E-state index is 0.384. The third-order valence-corrected chi connectivity index (χ3v) is 6.11. The molecule has 4 unspecified atom stereocenters. The van der Waals surface area contributed by atoms with Gasteiger partial charge in [0.1, 0.15) is 0 Å². The molecule has 2 N–H and O–H groups in total. The zero-order valence-corrected chi connectivity index (χ0v) is 12.1. The van der Waals surface area contributed by atoms with E-state index in [9.17, 15) is 0 Å². The van der Waals surface area contributed by atoms with Crippen molar-refractivity contribution < 1.29 is 0 Å². The first kappa shape index (κ1) is 12.0. The van der Waals surface area contributed by atoms with Gasteiger partial charge in [0.2, 0.25) is 0 Å². The van der Waals surface area contributed by atoms with Gasteiger partial charge in [0, 0.05) is 6.04 Å². The molecular formula is C16H29N. The average Bonchev–Trinajstić information content (AvgIpc) is 2.05. The highest BCUT2D eigenvalue weighted by molar-refractivity contribution is 5.12. The molecule has 0 amide bonds. The van der Waals surface area contributed by atoms with Crippen molar-refractivity contribution in [3.8, 4) is 0 Å². The van der Waals surface area contributed by atoms with E-state index in [0.717, 1.165) is 11.8 Å². The Morgan fingerprint density at radius 3 is 2.00 bits per heavy atom. The molecule has 4 atom stereocenters. The lowest BCUT2D eigenvalue weighted by Crippen LogP contribution is -2.59. The monoisotopic (exact) mass is 235 g/mol. The van der Waals surface area contributed by atoms with Crippen LogP contribution in [0.3, 0.4) is 0 Å². The summed E-state index contributed by atoms with van der Waals surface area (Å²) in [6, 6.07) is 0.384. The summed E-state index contributed by atoms with van der Waals surface area (Å²) in [6.45, 7) is 9.87. The Hall–Kier alpha value is -0.0400. The predicted octanol–water partition coefficient (Wildman–Crippen LogP) is 3.97. The molecule has 0 aromatic heterocycles. The van der Waals surface area contributed by atoms with Crippen LogP contribution < -0.4 is 5.73 Å². The summed E-state index contributed by atoms with van der Waals surface area (Å²) in [7, 11) is 0. The lowest BCUT2D eigenvalue weighted by Gasteiger charge is -2.68. The molecule has 98 valence electrons. The number of hydrogen-bond acceptors (Lipinski definition) is 1. The van der Waals surface area contributed by atoms with Crippen LogP contribution in [0.2, 0.25) is 0 Å². The van der Waals surface area contributed by atoms with Gasteiger partial charge in [-0.1, -0.05) is 20.8 Å². The van der Waals surface area contributed by atoms with Gasteiger partial charge in [-0.05, 0) is 73.5 Å². The Balaban J connectivity index is 1.93. The zero-order valence-electron chi connectivity index (χ0n) is 12.1. The van der Waals surface area contributed by atoms with Crippen LogP contribution in [0, 0.1) is 28.1 Å². The van der Waals surface area contributed by atoms with Crippen molar-refractivity contribution in [1.82, 2.24) is 0 Å². The first-order valence-electron chi connectivity index (χ1n) is 7.49. The van der Waals surface area contributed by atoms with E-state index in [2.05, 4.69) is 27.7 Å². The highest BCUT2D eigenvalue weighted by Gasteiger charge is 2.62. The largest absolute Gasteiger partial charge is 0.328 e. The van der Waals surface area contributed by atoms with Gasteiger partial charge in [0.05, 0.1) is 0 Å². The van der Waals surface area contributed by atoms with Crippen LogP contribution in [0.1, 0.15) is 66.2 Å². The number of hydrogen-bond donors (Lipinski definition) is 1. The van der Waals surface area contributed by atoms with Gasteiger partial charge in [0.15, 0.2) is 0 Å². The summed E-state index contributed by atoms with van der Waals surface area (Å²) in [6.07, 6.45) is 8.63. The maximum absolute atomic E-state index is 6.10. The topological polar surface area (TPSA) is 26.0 Å². The summed E-state index contributed by atoms with van der Waals surface area (Å²) in [5.74, 6) is 1.88. The molecule has 0 heterocycles. The van der Waals surface area contributed by atoms with E-state index in [1.807, 2.05) is 0 Å². The van der Waals surface area contributed by atoms with Crippen molar-refractivity contribution in [3.05, 3.63) is 0 Å². The standard InChI is InChI=1S/C16H29N/c1-11(17)5-13-12-6-14(2)8-15(3,7-12)10-16(13,4)9-14/h11-13H,5-10,17H2,1-4H3. The Bertz CT molecular complexity index is 314. The van der Waals surface area contributed by atoms with E-state index < -0.39 is 0 Å². The summed E-state index contributed by atoms with van der Waals surface area (Å²) >= 11 is 0. The second-order valence-corrected chi connectivity index (χ2v) is 8.79. The Labute approximate surface area is 107 Å². The Kier molecular flexibility index (Phi) is 2.32. The van der Waals surface area contributed by atoms with Crippen molar-refractivity contribution in [2.75, 3.05) is 0 Å². The molecule has 0 spiro atoms. The van der Waals surface area contributed by atoms with Crippen LogP contribution in [0.25, 0.3) is 0 Å². The lowest BCUT2D eigenvalue weighted by atomic mass is 9.37. The fraction of sp³-hybridized carbons (Fsp3) is 1.00. The lowest BCUT2D eigenvalue weighted by molar-refractivity contribution is -0.180. The first-order chi connectivity index (χ1) is 7.74. The van der Waals surface area contributed by atoms with E-state index in [-0.39, 0.29) is 0 Å². The minimum absolute atomic E-state index is 0.384. The summed E-state index contributed by atoms with van der Waals surface area (Å²) < 4.78 is 0. The summed E-state index contributed by atoms with van der Waals surface area (Å²) in [4.78, 5) is 0. The normalized spacial score (nSPS) is 58.4. The van der Waals surface area contributed by atoms with Crippen molar-refractivity contribution in [3.63, 3.8) is 0 Å². The SMILES string of the molecule is CC(N)CC1C2CC3(C)CC(C)(C2)CC1(C)C3. The quantitative estimate of drug-likeness (QED) is 0.770. The van der Waals surface area contributed by atoms with Crippen LogP contribution >= 0.6 is 0 Å². The molecule has 0 aromatic carbocycles. The van der Waals surface area contributed by atoms with Gasteiger partial charge in [-0.3, -0.25) is 0 Å². The number of nitrogens with two attached hydrogens (primary N) is 1. The van der Waals surface area contributed by atoms with Crippen LogP contribution in [0.15, 0.2) is 0 Å². The molecule has 0 saturated heterocycles. The highest BCUT2D eigenvalue weighted by Crippen LogP contribution is 2.71. The fourth-order valence-corrected chi connectivity index (χ4v) is 6.79.